The molecule has 0 saturated carbocycles. The molecule has 0 bridgehead atoms. The van der Waals surface area contributed by atoms with Crippen LogP contribution in [0, 0.1) is 0 Å². The summed E-state index contributed by atoms with van der Waals surface area (Å²) >= 11 is 0. The summed E-state index contributed by atoms with van der Waals surface area (Å²) in [4.78, 5) is 0. The lowest BCUT2D eigenvalue weighted by Gasteiger charge is -2.35. The quantitative estimate of drug-likeness (QED) is 0.541. The second-order valence-electron chi connectivity index (χ2n) is 3.24. The van der Waals surface area contributed by atoms with E-state index in [4.69, 9.17) is 18.6 Å². The molecule has 90 valence electrons. The van der Waals surface area contributed by atoms with Crippen molar-refractivity contribution in [1.82, 2.24) is 0 Å². The second-order valence-corrected chi connectivity index (χ2v) is 3.71. The predicted molar refractivity (Wildman–Crippen MR) is 64.0 cm³/mol. The summed E-state index contributed by atoms with van der Waals surface area (Å²) in [5, 5.41) is 0. The smallest absolute Gasteiger partial charge is 0.313 e. The molecular weight excluding hydrogens is 224 g/mol. The van der Waals surface area contributed by atoms with Crippen LogP contribution in [0.1, 0.15) is 11.7 Å². The van der Waals surface area contributed by atoms with E-state index in [-0.39, 0.29) is 6.10 Å². The van der Waals surface area contributed by atoms with Crippen molar-refractivity contribution >= 4 is 10.5 Å². The molecule has 0 N–H and O–H groups in total. The average molecular weight is 242 g/mol. The number of rotatable bonds is 6. The normalized spacial score (nSPS) is 13.9. The molecule has 16 heavy (non-hydrogen) atoms. The first-order valence-electron chi connectivity index (χ1n) is 4.97. The van der Waals surface area contributed by atoms with Crippen LogP contribution < -0.4 is 0 Å². The minimum Gasteiger partial charge on any atom is -0.414 e. The summed E-state index contributed by atoms with van der Waals surface area (Å²) < 4.78 is 21.4. The van der Waals surface area contributed by atoms with Crippen LogP contribution >= 0.6 is 0 Å². The van der Waals surface area contributed by atoms with Gasteiger partial charge in [-0.25, -0.2) is 0 Å². The summed E-state index contributed by atoms with van der Waals surface area (Å²) in [5.41, 5.74) is 0.961. The lowest BCUT2D eigenvalue weighted by Crippen LogP contribution is -2.43. The molecule has 0 amide bonds. The van der Waals surface area contributed by atoms with Crippen LogP contribution in [-0.4, -0.2) is 37.8 Å². The molecule has 1 atom stereocenters. The van der Waals surface area contributed by atoms with Gasteiger partial charge in [0, 0.05) is 21.3 Å². The Kier molecular flexibility index (Phi) is 5.10. The highest BCUT2D eigenvalue weighted by atomic mass is 28.2. The molecule has 1 rings (SSSR count). The van der Waals surface area contributed by atoms with Crippen LogP contribution in [0.25, 0.3) is 0 Å². The molecule has 0 heterocycles. The van der Waals surface area contributed by atoms with Crippen molar-refractivity contribution in [2.24, 2.45) is 0 Å². The Morgan fingerprint density at radius 2 is 1.50 bits per heavy atom. The Morgan fingerprint density at radius 1 is 1.00 bits per heavy atom. The average Bonchev–Trinajstić information content (AvgIpc) is 2.37. The number of hydrogen-bond donors (Lipinski definition) is 0. The topological polar surface area (TPSA) is 36.9 Å². The van der Waals surface area contributed by atoms with E-state index in [1.807, 2.05) is 30.3 Å². The highest BCUT2D eigenvalue weighted by molar-refractivity contribution is 5.98. The zero-order valence-corrected chi connectivity index (χ0v) is 12.1. The predicted octanol–water partition coefficient (Wildman–Crippen LogP) is 0.618. The van der Waals surface area contributed by atoms with Crippen molar-refractivity contribution in [2.75, 3.05) is 21.3 Å². The molecule has 0 radical (unpaired) electrons. The minimum atomic E-state index is -1.19. The Morgan fingerprint density at radius 3 is 1.88 bits per heavy atom. The molecule has 0 saturated heterocycles. The summed E-state index contributed by atoms with van der Waals surface area (Å²) in [6.45, 7) is 0. The van der Waals surface area contributed by atoms with Gasteiger partial charge in [-0.1, -0.05) is 30.3 Å². The molecule has 1 aromatic carbocycles. The number of benzene rings is 1. The third-order valence-electron chi connectivity index (χ3n) is 2.51. The van der Waals surface area contributed by atoms with E-state index in [0.717, 1.165) is 5.56 Å². The van der Waals surface area contributed by atoms with Gasteiger partial charge in [0.1, 0.15) is 10.5 Å². The molecule has 0 spiro atoms. The molecule has 0 aromatic heterocycles. The van der Waals surface area contributed by atoms with Crippen molar-refractivity contribution in [3.05, 3.63) is 35.9 Å². The van der Waals surface area contributed by atoms with Gasteiger partial charge in [-0.2, -0.15) is 0 Å². The maximum atomic E-state index is 5.54. The molecule has 1 aromatic rings. The Balaban J connectivity index is 3.05. The Labute approximate surface area is 99.0 Å². The molecular formula is C11H18O4Si. The fourth-order valence-electron chi connectivity index (χ4n) is 1.68. The zero-order chi connectivity index (χ0) is 12.0. The maximum absolute atomic E-state index is 5.54. The van der Waals surface area contributed by atoms with Gasteiger partial charge in [0.25, 0.3) is 0 Å². The zero-order valence-electron chi connectivity index (χ0n) is 10.1. The highest BCUT2D eigenvalue weighted by Gasteiger charge is 2.41. The summed E-state index contributed by atoms with van der Waals surface area (Å²) in [6, 6.07) is 9.73. The largest absolute Gasteiger partial charge is 0.414 e. The number of methoxy groups -OCH3 is 3. The lowest BCUT2D eigenvalue weighted by molar-refractivity contribution is -0.387. The summed E-state index contributed by atoms with van der Waals surface area (Å²) in [7, 11) is 5.16. The van der Waals surface area contributed by atoms with E-state index in [0.29, 0.717) is 10.5 Å². The molecule has 0 aliphatic heterocycles. The molecule has 5 heteroatoms. The van der Waals surface area contributed by atoms with Crippen molar-refractivity contribution in [3.8, 4) is 0 Å². The number of hydrogen-bond acceptors (Lipinski definition) is 4. The summed E-state index contributed by atoms with van der Waals surface area (Å²) in [6.07, 6.45) is -0.389. The molecule has 1 unspecified atom stereocenters. The van der Waals surface area contributed by atoms with Crippen LogP contribution in [0.4, 0.5) is 0 Å². The van der Waals surface area contributed by atoms with E-state index in [9.17, 15) is 0 Å². The molecule has 0 aliphatic carbocycles. The maximum Gasteiger partial charge on any atom is 0.313 e. The third-order valence-corrected chi connectivity index (χ3v) is 2.98. The van der Waals surface area contributed by atoms with Gasteiger partial charge in [0.15, 0.2) is 6.10 Å². The third kappa shape index (κ3) is 2.50. The van der Waals surface area contributed by atoms with Crippen LogP contribution in [0.3, 0.4) is 0 Å². The van der Waals surface area contributed by atoms with Gasteiger partial charge < -0.3 is 18.6 Å². The monoisotopic (exact) mass is 242 g/mol. The van der Waals surface area contributed by atoms with Crippen molar-refractivity contribution in [1.29, 1.82) is 0 Å². The highest BCUT2D eigenvalue weighted by Crippen LogP contribution is 2.32. The summed E-state index contributed by atoms with van der Waals surface area (Å²) in [5.74, 6) is -1.19. The standard InChI is InChI=1S/C11H18O4Si/c1-12-11(13-2,14-3)10(15-16)9-7-5-4-6-8-9/h4-8,10H,1-3,16H3. The van der Waals surface area contributed by atoms with E-state index in [2.05, 4.69) is 0 Å². The second kappa shape index (κ2) is 6.12. The van der Waals surface area contributed by atoms with E-state index in [1.54, 1.807) is 0 Å². The SMILES string of the molecule is COC(OC)(OC)C(O[SiH3])c1ccccc1. The van der Waals surface area contributed by atoms with Crippen LogP contribution in [-0.2, 0) is 18.6 Å². The lowest BCUT2D eigenvalue weighted by atomic mass is 10.1. The Hall–Kier alpha value is -0.723. The molecule has 4 nitrogen and oxygen atoms in total. The first-order valence-corrected chi connectivity index (χ1v) is 5.79. The van der Waals surface area contributed by atoms with Gasteiger partial charge in [0.2, 0.25) is 0 Å². The Bertz CT molecular complexity index is 292. The fraction of sp³-hybridized carbons (Fsp3) is 0.455. The van der Waals surface area contributed by atoms with Crippen LogP contribution in [0.15, 0.2) is 30.3 Å². The first-order chi connectivity index (χ1) is 7.74. The van der Waals surface area contributed by atoms with Gasteiger partial charge in [-0.05, 0) is 5.56 Å². The van der Waals surface area contributed by atoms with Crippen molar-refractivity contribution in [2.45, 2.75) is 12.1 Å². The van der Waals surface area contributed by atoms with Crippen LogP contribution in [0.5, 0.6) is 0 Å². The van der Waals surface area contributed by atoms with Gasteiger partial charge >= 0.3 is 5.97 Å². The minimum absolute atomic E-state index is 0.389. The van der Waals surface area contributed by atoms with E-state index in [1.165, 1.54) is 21.3 Å². The van der Waals surface area contributed by atoms with Crippen molar-refractivity contribution < 1.29 is 18.6 Å². The van der Waals surface area contributed by atoms with E-state index < -0.39 is 5.97 Å². The fourth-order valence-corrected chi connectivity index (χ4v) is 2.24. The van der Waals surface area contributed by atoms with E-state index >= 15 is 0 Å². The van der Waals surface area contributed by atoms with Gasteiger partial charge in [-0.15, -0.1) is 0 Å². The van der Waals surface area contributed by atoms with Crippen molar-refractivity contribution in [3.63, 3.8) is 0 Å². The van der Waals surface area contributed by atoms with Crippen LogP contribution in [0.2, 0.25) is 0 Å². The first kappa shape index (κ1) is 13.3. The molecule has 0 fully saturated rings. The number of ether oxygens (including phenoxy) is 3. The van der Waals surface area contributed by atoms with Gasteiger partial charge in [0.05, 0.1) is 0 Å². The molecule has 0 aliphatic rings. The van der Waals surface area contributed by atoms with Gasteiger partial charge in [-0.3, -0.25) is 0 Å².